The first-order valence-electron chi connectivity index (χ1n) is 9.41. The highest BCUT2D eigenvalue weighted by Crippen LogP contribution is 2.30. The van der Waals surface area contributed by atoms with Crippen LogP contribution in [-0.2, 0) is 9.53 Å². The second kappa shape index (κ2) is 8.25. The molecule has 140 valence electrons. The van der Waals surface area contributed by atoms with Crippen LogP contribution in [0.15, 0.2) is 35.5 Å². The number of nitrogens with two attached hydrogens (primary N) is 1. The Kier molecular flexibility index (Phi) is 5.81. The first kappa shape index (κ1) is 18.3. The lowest BCUT2D eigenvalue weighted by atomic mass is 9.90. The molecular formula is C20H27N3O3. The van der Waals surface area contributed by atoms with Crippen molar-refractivity contribution in [1.82, 2.24) is 10.6 Å². The molecule has 1 aromatic carbocycles. The van der Waals surface area contributed by atoms with Gasteiger partial charge in [-0.05, 0) is 42.9 Å². The molecule has 4 N–H and O–H groups in total. The van der Waals surface area contributed by atoms with Gasteiger partial charge < -0.3 is 21.1 Å². The SMILES string of the molecule is CCC1=C(C(=O)OCC2CCCCC2)C(c2ccc(N)cc2)NC(=O)N1. The molecule has 1 heterocycles. The molecule has 1 atom stereocenters. The summed E-state index contributed by atoms with van der Waals surface area (Å²) in [6.45, 7) is 2.36. The van der Waals surface area contributed by atoms with E-state index in [0.717, 1.165) is 18.4 Å². The van der Waals surface area contributed by atoms with E-state index in [2.05, 4.69) is 10.6 Å². The van der Waals surface area contributed by atoms with Gasteiger partial charge in [-0.3, -0.25) is 0 Å². The standard InChI is InChI=1S/C20H27N3O3/c1-2-16-17(19(24)26-12-13-6-4-3-5-7-13)18(23-20(25)22-16)14-8-10-15(21)11-9-14/h8-11,13,18H,2-7,12,21H2,1H3,(H2,22,23,25). The average molecular weight is 357 g/mol. The van der Waals surface area contributed by atoms with Crippen LogP contribution in [-0.4, -0.2) is 18.6 Å². The Morgan fingerprint density at radius 2 is 1.88 bits per heavy atom. The third-order valence-electron chi connectivity index (χ3n) is 5.17. The zero-order valence-corrected chi connectivity index (χ0v) is 15.2. The van der Waals surface area contributed by atoms with Gasteiger partial charge in [0.05, 0.1) is 18.2 Å². The summed E-state index contributed by atoms with van der Waals surface area (Å²) in [5.74, 6) is 0.0845. The summed E-state index contributed by atoms with van der Waals surface area (Å²) in [6, 6.07) is 6.34. The van der Waals surface area contributed by atoms with Gasteiger partial charge >= 0.3 is 12.0 Å². The number of nitrogen functional groups attached to an aromatic ring is 1. The highest BCUT2D eigenvalue weighted by molar-refractivity contribution is 5.95. The van der Waals surface area contributed by atoms with E-state index in [0.29, 0.717) is 35.9 Å². The van der Waals surface area contributed by atoms with E-state index in [-0.39, 0.29) is 12.0 Å². The van der Waals surface area contributed by atoms with Crippen LogP contribution in [0.1, 0.15) is 57.1 Å². The number of carbonyl (C=O) groups excluding carboxylic acids is 2. The summed E-state index contributed by atoms with van der Waals surface area (Å²) < 4.78 is 5.65. The number of esters is 1. The minimum absolute atomic E-state index is 0.312. The molecule has 1 unspecified atom stereocenters. The molecule has 2 aliphatic rings. The van der Waals surface area contributed by atoms with Gasteiger partial charge in [-0.15, -0.1) is 0 Å². The van der Waals surface area contributed by atoms with Crippen LogP contribution in [0.25, 0.3) is 0 Å². The van der Waals surface area contributed by atoms with Crippen molar-refractivity contribution < 1.29 is 14.3 Å². The maximum atomic E-state index is 12.9. The van der Waals surface area contributed by atoms with Crippen LogP contribution in [0.4, 0.5) is 10.5 Å². The van der Waals surface area contributed by atoms with Crippen LogP contribution in [0.5, 0.6) is 0 Å². The minimum Gasteiger partial charge on any atom is -0.462 e. The second-order valence-electron chi connectivity index (χ2n) is 7.05. The third kappa shape index (κ3) is 4.18. The van der Waals surface area contributed by atoms with Crippen LogP contribution in [0.3, 0.4) is 0 Å². The predicted octanol–water partition coefficient (Wildman–Crippen LogP) is 3.41. The monoisotopic (exact) mass is 357 g/mol. The number of hydrogen-bond donors (Lipinski definition) is 3. The van der Waals surface area contributed by atoms with Crippen molar-refractivity contribution >= 4 is 17.7 Å². The Labute approximate surface area is 154 Å². The van der Waals surface area contributed by atoms with Gasteiger partial charge in [0.25, 0.3) is 0 Å². The van der Waals surface area contributed by atoms with Crippen molar-refractivity contribution in [1.29, 1.82) is 0 Å². The lowest BCUT2D eigenvalue weighted by Crippen LogP contribution is -2.46. The smallest absolute Gasteiger partial charge is 0.338 e. The Hall–Kier alpha value is -2.50. The molecule has 0 radical (unpaired) electrons. The molecule has 1 saturated carbocycles. The predicted molar refractivity (Wildman–Crippen MR) is 100 cm³/mol. The van der Waals surface area contributed by atoms with Crippen LogP contribution in [0.2, 0.25) is 0 Å². The quantitative estimate of drug-likeness (QED) is 0.556. The Balaban J connectivity index is 1.81. The summed E-state index contributed by atoms with van der Waals surface area (Å²) in [6.07, 6.45) is 6.46. The summed E-state index contributed by atoms with van der Waals surface area (Å²) in [7, 11) is 0. The zero-order valence-electron chi connectivity index (χ0n) is 15.2. The van der Waals surface area contributed by atoms with Gasteiger partial charge in [0.15, 0.2) is 0 Å². The van der Waals surface area contributed by atoms with Gasteiger partial charge in [0, 0.05) is 11.4 Å². The van der Waals surface area contributed by atoms with Crippen molar-refractivity contribution in [3.63, 3.8) is 0 Å². The molecule has 6 nitrogen and oxygen atoms in total. The van der Waals surface area contributed by atoms with Crippen molar-refractivity contribution in [2.75, 3.05) is 12.3 Å². The number of amides is 2. The summed E-state index contributed by atoms with van der Waals surface area (Å²) in [5.41, 5.74) is 8.30. The fourth-order valence-electron chi connectivity index (χ4n) is 3.70. The number of anilines is 1. The first-order valence-corrected chi connectivity index (χ1v) is 9.41. The van der Waals surface area contributed by atoms with Gasteiger partial charge in [-0.1, -0.05) is 38.3 Å². The van der Waals surface area contributed by atoms with Gasteiger partial charge in [-0.2, -0.15) is 0 Å². The number of urea groups is 1. The Morgan fingerprint density at radius 3 is 2.54 bits per heavy atom. The normalized spacial score (nSPS) is 21.1. The third-order valence-corrected chi connectivity index (χ3v) is 5.17. The maximum Gasteiger partial charge on any atom is 0.338 e. The van der Waals surface area contributed by atoms with E-state index in [1.54, 1.807) is 12.1 Å². The van der Waals surface area contributed by atoms with E-state index in [4.69, 9.17) is 10.5 Å². The van der Waals surface area contributed by atoms with E-state index >= 15 is 0 Å². The molecule has 6 heteroatoms. The van der Waals surface area contributed by atoms with Gasteiger partial charge in [-0.25, -0.2) is 9.59 Å². The number of hydrogen-bond acceptors (Lipinski definition) is 4. The van der Waals surface area contributed by atoms with E-state index in [9.17, 15) is 9.59 Å². The first-order chi connectivity index (χ1) is 12.6. The second-order valence-corrected chi connectivity index (χ2v) is 7.05. The van der Waals surface area contributed by atoms with Crippen molar-refractivity contribution in [3.8, 4) is 0 Å². The highest BCUT2D eigenvalue weighted by Gasteiger charge is 2.33. The fraction of sp³-hybridized carbons (Fsp3) is 0.500. The van der Waals surface area contributed by atoms with Crippen LogP contribution >= 0.6 is 0 Å². The molecule has 1 fully saturated rings. The lowest BCUT2D eigenvalue weighted by Gasteiger charge is -2.30. The van der Waals surface area contributed by atoms with E-state index in [1.807, 2.05) is 19.1 Å². The van der Waals surface area contributed by atoms with E-state index < -0.39 is 6.04 Å². The molecule has 2 amide bonds. The Bertz CT molecular complexity index is 691. The molecule has 0 aromatic heterocycles. The minimum atomic E-state index is -0.529. The molecule has 26 heavy (non-hydrogen) atoms. The number of ether oxygens (including phenoxy) is 1. The van der Waals surface area contributed by atoms with Crippen LogP contribution < -0.4 is 16.4 Å². The highest BCUT2D eigenvalue weighted by atomic mass is 16.5. The molecule has 0 saturated heterocycles. The van der Waals surface area contributed by atoms with Crippen molar-refractivity contribution in [2.45, 2.75) is 51.5 Å². The number of allylic oxidation sites excluding steroid dienone is 1. The molecule has 1 aromatic rings. The average Bonchev–Trinajstić information content (AvgIpc) is 2.66. The Morgan fingerprint density at radius 1 is 1.19 bits per heavy atom. The largest absolute Gasteiger partial charge is 0.462 e. The van der Waals surface area contributed by atoms with E-state index in [1.165, 1.54) is 19.3 Å². The number of carbonyl (C=O) groups is 2. The van der Waals surface area contributed by atoms with Crippen molar-refractivity contribution in [2.24, 2.45) is 5.92 Å². The van der Waals surface area contributed by atoms with Crippen molar-refractivity contribution in [3.05, 3.63) is 41.1 Å². The topological polar surface area (TPSA) is 93.4 Å². The molecule has 1 aliphatic heterocycles. The molecule has 1 aliphatic carbocycles. The number of benzene rings is 1. The van der Waals surface area contributed by atoms with Gasteiger partial charge in [0.1, 0.15) is 0 Å². The summed E-state index contributed by atoms with van der Waals surface area (Å²) in [5, 5.41) is 5.59. The summed E-state index contributed by atoms with van der Waals surface area (Å²) in [4.78, 5) is 24.9. The fourth-order valence-corrected chi connectivity index (χ4v) is 3.70. The van der Waals surface area contributed by atoms with Crippen LogP contribution in [0, 0.1) is 5.92 Å². The molecular weight excluding hydrogens is 330 g/mol. The number of rotatable bonds is 5. The van der Waals surface area contributed by atoms with Gasteiger partial charge in [0.2, 0.25) is 0 Å². The maximum absolute atomic E-state index is 12.9. The molecule has 3 rings (SSSR count). The number of nitrogens with one attached hydrogen (secondary N) is 2. The lowest BCUT2D eigenvalue weighted by molar-refractivity contribution is -0.141. The molecule has 0 bridgehead atoms. The molecule has 0 spiro atoms. The summed E-state index contributed by atoms with van der Waals surface area (Å²) >= 11 is 0. The zero-order chi connectivity index (χ0) is 18.5.